The largest absolute Gasteiger partial charge is 0.478 e. The molecular formula is C12H18BrN3O2. The number of aromatic carboxylic acids is 1. The second kappa shape index (κ2) is 6.61. The second-order valence-electron chi connectivity index (χ2n) is 4.31. The lowest BCUT2D eigenvalue weighted by atomic mass is 10.1. The first-order chi connectivity index (χ1) is 8.41. The maximum atomic E-state index is 11.0. The molecule has 0 unspecified atom stereocenters. The van der Waals surface area contributed by atoms with Gasteiger partial charge in [0, 0.05) is 22.4 Å². The molecule has 0 aliphatic heterocycles. The summed E-state index contributed by atoms with van der Waals surface area (Å²) in [6.45, 7) is 1.76. The van der Waals surface area contributed by atoms with Crippen LogP contribution < -0.4 is 11.1 Å². The minimum Gasteiger partial charge on any atom is -0.478 e. The third-order valence-electron chi connectivity index (χ3n) is 2.47. The highest BCUT2D eigenvalue weighted by Crippen LogP contribution is 2.28. The van der Waals surface area contributed by atoms with Crippen molar-refractivity contribution in [1.82, 2.24) is 4.90 Å². The van der Waals surface area contributed by atoms with Crippen molar-refractivity contribution in [3.63, 3.8) is 0 Å². The molecule has 0 spiro atoms. The van der Waals surface area contributed by atoms with Gasteiger partial charge >= 0.3 is 5.97 Å². The van der Waals surface area contributed by atoms with Gasteiger partial charge in [-0.25, -0.2) is 4.79 Å². The molecule has 0 amide bonds. The van der Waals surface area contributed by atoms with Gasteiger partial charge in [0.15, 0.2) is 0 Å². The summed E-state index contributed by atoms with van der Waals surface area (Å²) in [6, 6.07) is 3.16. The molecule has 0 aromatic heterocycles. The zero-order valence-electron chi connectivity index (χ0n) is 10.5. The first-order valence-corrected chi connectivity index (χ1v) is 6.42. The molecule has 1 aromatic carbocycles. The van der Waals surface area contributed by atoms with Crippen LogP contribution in [0, 0.1) is 0 Å². The Morgan fingerprint density at radius 2 is 2.17 bits per heavy atom. The van der Waals surface area contributed by atoms with Gasteiger partial charge in [-0.1, -0.05) is 0 Å². The highest BCUT2D eigenvalue weighted by molar-refractivity contribution is 9.10. The van der Waals surface area contributed by atoms with E-state index >= 15 is 0 Å². The Kier molecular flexibility index (Phi) is 5.43. The minimum atomic E-state index is -1.02. The molecule has 0 atom stereocenters. The van der Waals surface area contributed by atoms with Gasteiger partial charge in [0.25, 0.3) is 0 Å². The van der Waals surface area contributed by atoms with Crippen LogP contribution in [0.1, 0.15) is 16.8 Å². The Bertz CT molecular complexity index is 436. The zero-order valence-corrected chi connectivity index (χ0v) is 12.1. The summed E-state index contributed by atoms with van der Waals surface area (Å²) in [5, 5.41) is 12.2. The standard InChI is InChI=1S/C12H18BrN3O2/c1-16(2)5-3-4-15-11-6-8(12(17)18)10(14)7-9(11)13/h6-7,15H,3-5,14H2,1-2H3,(H,17,18). The van der Waals surface area contributed by atoms with E-state index in [1.54, 1.807) is 12.1 Å². The fraction of sp³-hybridized carbons (Fsp3) is 0.417. The SMILES string of the molecule is CN(C)CCCNc1cc(C(=O)O)c(N)cc1Br. The van der Waals surface area contributed by atoms with Crippen molar-refractivity contribution < 1.29 is 9.90 Å². The van der Waals surface area contributed by atoms with Crippen LogP contribution in [0.4, 0.5) is 11.4 Å². The van der Waals surface area contributed by atoms with Crippen LogP contribution in [0.15, 0.2) is 16.6 Å². The van der Waals surface area contributed by atoms with Gasteiger partial charge in [0.2, 0.25) is 0 Å². The number of anilines is 2. The normalized spacial score (nSPS) is 10.7. The fourth-order valence-corrected chi connectivity index (χ4v) is 2.03. The van der Waals surface area contributed by atoms with Gasteiger partial charge in [-0.05, 0) is 55.1 Å². The zero-order chi connectivity index (χ0) is 13.7. The van der Waals surface area contributed by atoms with Gasteiger partial charge in [0.05, 0.1) is 5.56 Å². The van der Waals surface area contributed by atoms with Crippen LogP contribution in [0.2, 0.25) is 0 Å². The number of nitrogen functional groups attached to an aromatic ring is 1. The van der Waals surface area contributed by atoms with Gasteiger partial charge in [-0.2, -0.15) is 0 Å². The van der Waals surface area contributed by atoms with Crippen molar-refractivity contribution >= 4 is 33.3 Å². The van der Waals surface area contributed by atoms with E-state index in [2.05, 4.69) is 26.1 Å². The van der Waals surface area contributed by atoms with Gasteiger partial charge in [-0.3, -0.25) is 0 Å². The molecule has 100 valence electrons. The van der Waals surface area contributed by atoms with Gasteiger partial charge in [-0.15, -0.1) is 0 Å². The summed E-state index contributed by atoms with van der Waals surface area (Å²) >= 11 is 3.37. The summed E-state index contributed by atoms with van der Waals surface area (Å²) in [5.41, 5.74) is 6.77. The van der Waals surface area contributed by atoms with Crippen molar-refractivity contribution in [1.29, 1.82) is 0 Å². The highest BCUT2D eigenvalue weighted by Gasteiger charge is 2.11. The van der Waals surface area contributed by atoms with Crippen molar-refractivity contribution in [2.75, 3.05) is 38.2 Å². The van der Waals surface area contributed by atoms with Crippen LogP contribution >= 0.6 is 15.9 Å². The maximum Gasteiger partial charge on any atom is 0.337 e. The second-order valence-corrected chi connectivity index (χ2v) is 5.16. The van der Waals surface area contributed by atoms with E-state index in [9.17, 15) is 4.79 Å². The molecule has 1 aromatic rings. The first kappa shape index (κ1) is 14.8. The lowest BCUT2D eigenvalue weighted by molar-refractivity contribution is 0.0698. The number of nitrogens with one attached hydrogen (secondary N) is 1. The first-order valence-electron chi connectivity index (χ1n) is 5.62. The molecule has 0 bridgehead atoms. The molecule has 0 radical (unpaired) electrons. The molecule has 0 saturated heterocycles. The van der Waals surface area contributed by atoms with E-state index in [0.717, 1.165) is 29.7 Å². The van der Waals surface area contributed by atoms with Crippen LogP contribution in [-0.4, -0.2) is 43.2 Å². The molecule has 5 nitrogen and oxygen atoms in total. The van der Waals surface area contributed by atoms with E-state index in [1.807, 2.05) is 14.1 Å². The van der Waals surface area contributed by atoms with Crippen LogP contribution in [0.25, 0.3) is 0 Å². The average molecular weight is 316 g/mol. The number of carbonyl (C=O) groups is 1. The predicted octanol–water partition coefficient (Wildman–Crippen LogP) is 2.09. The van der Waals surface area contributed by atoms with Crippen molar-refractivity contribution in [3.8, 4) is 0 Å². The summed E-state index contributed by atoms with van der Waals surface area (Å²) in [4.78, 5) is 13.1. The Hall–Kier alpha value is -1.27. The third-order valence-corrected chi connectivity index (χ3v) is 3.12. The maximum absolute atomic E-state index is 11.0. The molecule has 0 saturated carbocycles. The van der Waals surface area contributed by atoms with Crippen LogP contribution in [-0.2, 0) is 0 Å². The number of nitrogens with two attached hydrogens (primary N) is 1. The highest BCUT2D eigenvalue weighted by atomic mass is 79.9. The third kappa shape index (κ3) is 4.19. The molecule has 0 aliphatic carbocycles. The lowest BCUT2D eigenvalue weighted by Gasteiger charge is -2.13. The molecule has 1 rings (SSSR count). The number of hydrogen-bond donors (Lipinski definition) is 3. The Morgan fingerprint density at radius 1 is 1.50 bits per heavy atom. The van der Waals surface area contributed by atoms with E-state index in [1.165, 1.54) is 0 Å². The number of nitrogens with zero attached hydrogens (tertiary/aromatic N) is 1. The molecule has 0 aliphatic rings. The smallest absolute Gasteiger partial charge is 0.337 e. The van der Waals surface area contributed by atoms with E-state index in [-0.39, 0.29) is 11.3 Å². The summed E-state index contributed by atoms with van der Waals surface area (Å²) in [7, 11) is 4.03. The summed E-state index contributed by atoms with van der Waals surface area (Å²) in [5.74, 6) is -1.02. The fourth-order valence-electron chi connectivity index (χ4n) is 1.53. The van der Waals surface area contributed by atoms with Crippen molar-refractivity contribution in [2.24, 2.45) is 0 Å². The number of rotatable bonds is 6. The molecule has 4 N–H and O–H groups in total. The Balaban J connectivity index is 2.70. The number of carboxylic acid groups (broad SMARTS) is 1. The van der Waals surface area contributed by atoms with E-state index in [4.69, 9.17) is 10.8 Å². The van der Waals surface area contributed by atoms with Crippen LogP contribution in [0.5, 0.6) is 0 Å². The summed E-state index contributed by atoms with van der Waals surface area (Å²) in [6.07, 6.45) is 0.978. The minimum absolute atomic E-state index is 0.119. The monoisotopic (exact) mass is 315 g/mol. The topological polar surface area (TPSA) is 78.6 Å². The Morgan fingerprint density at radius 3 is 2.72 bits per heavy atom. The lowest BCUT2D eigenvalue weighted by Crippen LogP contribution is -2.16. The average Bonchev–Trinajstić information content (AvgIpc) is 2.25. The van der Waals surface area contributed by atoms with Gasteiger partial charge in [0.1, 0.15) is 0 Å². The Labute approximate surface area is 115 Å². The molecule has 18 heavy (non-hydrogen) atoms. The number of halogens is 1. The quantitative estimate of drug-likeness (QED) is 0.553. The molecule has 6 heteroatoms. The summed E-state index contributed by atoms with van der Waals surface area (Å²) < 4.78 is 0.773. The molecule has 0 fully saturated rings. The van der Waals surface area contributed by atoms with E-state index < -0.39 is 5.97 Å². The van der Waals surface area contributed by atoms with Crippen molar-refractivity contribution in [3.05, 3.63) is 22.2 Å². The number of carboxylic acids is 1. The van der Waals surface area contributed by atoms with Gasteiger partial charge < -0.3 is 21.1 Å². The molecule has 0 heterocycles. The molecular weight excluding hydrogens is 298 g/mol. The number of hydrogen-bond acceptors (Lipinski definition) is 4. The predicted molar refractivity (Wildman–Crippen MR) is 77.2 cm³/mol. The number of benzene rings is 1. The van der Waals surface area contributed by atoms with E-state index in [0.29, 0.717) is 0 Å². The van der Waals surface area contributed by atoms with Crippen LogP contribution in [0.3, 0.4) is 0 Å². The van der Waals surface area contributed by atoms with Crippen molar-refractivity contribution in [2.45, 2.75) is 6.42 Å².